The number of aliphatic hydroxyl groups excluding tert-OH is 5. The van der Waals surface area contributed by atoms with Crippen molar-refractivity contribution in [2.75, 3.05) is 12.3 Å². The second-order valence-electron chi connectivity index (χ2n) is 9.32. The molecule has 276 valence electrons. The van der Waals surface area contributed by atoms with E-state index in [0.717, 1.165) is 0 Å². The van der Waals surface area contributed by atoms with Crippen LogP contribution in [-0.2, 0) is 28.5 Å². The molecule has 0 bridgehead atoms. The number of rotatable bonds is 12. The summed E-state index contributed by atoms with van der Waals surface area (Å²) in [6, 6.07) is -0.713. The molecule has 2 rings (SSSR count). The molecule has 0 aromatic carbocycles. The van der Waals surface area contributed by atoms with Crippen LogP contribution in [0, 0.1) is 5.92 Å². The number of phosphoric acid groups is 1. The highest BCUT2D eigenvalue weighted by molar-refractivity contribution is 7.45. The van der Waals surface area contributed by atoms with Gasteiger partial charge < -0.3 is 87.0 Å². The minimum Gasteiger partial charge on any atom is -0.481 e. The molecule has 2 aromatic rings. The molecule has 48 heavy (non-hydrogen) atoms. The highest BCUT2D eigenvalue weighted by Gasteiger charge is 2.40. The lowest BCUT2D eigenvalue weighted by atomic mass is 9.96. The Bertz CT molecular complexity index is 1310. The van der Waals surface area contributed by atoms with Crippen molar-refractivity contribution >= 4 is 55.0 Å². The summed E-state index contributed by atoms with van der Waals surface area (Å²) in [4.78, 5) is 86.3. The van der Waals surface area contributed by atoms with Crippen LogP contribution in [0.2, 0.25) is 0 Å². The van der Waals surface area contributed by atoms with Gasteiger partial charge in [0.1, 0.15) is 42.3 Å². The Morgan fingerprint density at radius 3 is 1.69 bits per heavy atom. The number of carboxylic acid groups (broad SMARTS) is 4. The highest BCUT2D eigenvalue weighted by atomic mass is 31.2. The van der Waals surface area contributed by atoms with Gasteiger partial charge in [-0.2, -0.15) is 0 Å². The summed E-state index contributed by atoms with van der Waals surface area (Å²) in [5.41, 5.74) is 9.20. The first-order chi connectivity index (χ1) is 21.7. The van der Waals surface area contributed by atoms with Gasteiger partial charge >= 0.3 is 31.7 Å². The Hall–Kier alpha value is -4.27. The number of fused-ring (bicyclic) bond motifs is 1. The van der Waals surface area contributed by atoms with E-state index in [4.69, 9.17) is 81.8 Å². The first-order valence-corrected chi connectivity index (χ1v) is 14.2. The number of hydrogen-bond donors (Lipinski definition) is 16. The summed E-state index contributed by atoms with van der Waals surface area (Å²) < 4.78 is 8.88. The maximum absolute atomic E-state index is 10.3. The quantitative estimate of drug-likeness (QED) is 0.0717. The van der Waals surface area contributed by atoms with Crippen molar-refractivity contribution in [3.05, 3.63) is 12.7 Å². The van der Waals surface area contributed by atoms with Crippen LogP contribution >= 0.6 is 7.82 Å². The summed E-state index contributed by atoms with van der Waals surface area (Å²) in [7, 11) is -4.64. The van der Waals surface area contributed by atoms with Gasteiger partial charge in [0.05, 0.1) is 25.8 Å². The van der Waals surface area contributed by atoms with Gasteiger partial charge in [-0.1, -0.05) is 13.8 Å². The van der Waals surface area contributed by atoms with Gasteiger partial charge in [-0.25, -0.2) is 24.3 Å². The number of nitrogens with two attached hydrogens (primary N) is 2. The Balaban J connectivity index is -0.000000543. The van der Waals surface area contributed by atoms with Gasteiger partial charge in [-0.05, 0) is 5.92 Å². The molecule has 0 amide bonds. The fraction of sp³-hybridized carbons (Fsp3) is 0.545. The zero-order valence-corrected chi connectivity index (χ0v) is 25.9. The first kappa shape index (κ1) is 48.1. The smallest absolute Gasteiger partial charge is 0.466 e. The molecular formula is C22H39N6O19P. The third kappa shape index (κ3) is 22.3. The summed E-state index contributed by atoms with van der Waals surface area (Å²) in [5, 5.41) is 85.6. The second kappa shape index (κ2) is 23.1. The van der Waals surface area contributed by atoms with Crippen molar-refractivity contribution in [2.24, 2.45) is 11.7 Å². The van der Waals surface area contributed by atoms with E-state index < -0.39 is 87.2 Å². The number of hydrogen-bond acceptors (Lipinski definition) is 17. The van der Waals surface area contributed by atoms with Gasteiger partial charge in [0.25, 0.3) is 0 Å². The van der Waals surface area contributed by atoms with Crippen molar-refractivity contribution in [2.45, 2.75) is 62.7 Å². The number of carboxylic acids is 4. The third-order valence-corrected chi connectivity index (χ3v) is 4.96. The van der Waals surface area contributed by atoms with Crippen molar-refractivity contribution in [1.29, 1.82) is 0 Å². The van der Waals surface area contributed by atoms with E-state index in [9.17, 15) is 24.0 Å². The van der Waals surface area contributed by atoms with Crippen LogP contribution in [0.5, 0.6) is 0 Å². The van der Waals surface area contributed by atoms with Crippen LogP contribution in [-0.4, -0.2) is 159 Å². The SMILES string of the molecule is CC(C)C(N)C(=O)O.Nc1ncnc2nc[nH]c12.O=C(O)CC(O)(CC(=O)O)C(=O)O.O=CC(O)C(O)C(O)C(O)CO.O=P(O)(O)O. The number of aliphatic carboxylic acids is 4. The topological polar surface area (TPSA) is 472 Å². The van der Waals surface area contributed by atoms with Gasteiger partial charge in [-0.15, -0.1) is 0 Å². The zero-order chi connectivity index (χ0) is 38.6. The van der Waals surface area contributed by atoms with Gasteiger partial charge in [0, 0.05) is 0 Å². The molecule has 0 aliphatic heterocycles. The Labute approximate surface area is 269 Å². The maximum Gasteiger partial charge on any atom is 0.466 e. The van der Waals surface area contributed by atoms with Crippen molar-refractivity contribution in [1.82, 2.24) is 19.9 Å². The van der Waals surface area contributed by atoms with Crippen molar-refractivity contribution in [3.63, 3.8) is 0 Å². The number of aliphatic hydroxyl groups is 6. The van der Waals surface area contributed by atoms with E-state index in [1.165, 1.54) is 12.7 Å². The van der Waals surface area contributed by atoms with Crippen LogP contribution in [0.3, 0.4) is 0 Å². The average Bonchev–Trinajstić information content (AvgIpc) is 3.44. The fourth-order valence-corrected chi connectivity index (χ4v) is 2.40. The molecule has 2 heterocycles. The van der Waals surface area contributed by atoms with Crippen molar-refractivity contribution < 1.29 is 94.3 Å². The largest absolute Gasteiger partial charge is 0.481 e. The normalized spacial score (nSPS) is 13.9. The average molecular weight is 723 g/mol. The molecule has 0 aliphatic carbocycles. The molecule has 18 N–H and O–H groups in total. The van der Waals surface area contributed by atoms with Crippen LogP contribution in [0.1, 0.15) is 26.7 Å². The molecule has 0 radical (unpaired) electrons. The van der Waals surface area contributed by atoms with Crippen molar-refractivity contribution in [3.8, 4) is 0 Å². The predicted molar refractivity (Wildman–Crippen MR) is 155 cm³/mol. The molecule has 5 unspecified atom stereocenters. The Morgan fingerprint density at radius 1 is 0.938 bits per heavy atom. The summed E-state index contributed by atoms with van der Waals surface area (Å²) >= 11 is 0. The molecule has 0 fully saturated rings. The molecule has 0 spiro atoms. The van der Waals surface area contributed by atoms with E-state index in [2.05, 4.69) is 19.9 Å². The zero-order valence-electron chi connectivity index (χ0n) is 25.0. The van der Waals surface area contributed by atoms with Crippen LogP contribution < -0.4 is 11.5 Å². The first-order valence-electron chi connectivity index (χ1n) is 12.6. The highest BCUT2D eigenvalue weighted by Crippen LogP contribution is 2.25. The molecule has 2 aromatic heterocycles. The molecule has 5 atom stereocenters. The predicted octanol–water partition coefficient (Wildman–Crippen LogP) is -5.57. The van der Waals surface area contributed by atoms with E-state index in [-0.39, 0.29) is 12.2 Å². The Morgan fingerprint density at radius 2 is 1.40 bits per heavy atom. The van der Waals surface area contributed by atoms with E-state index in [1.54, 1.807) is 13.8 Å². The van der Waals surface area contributed by atoms with E-state index >= 15 is 0 Å². The molecule has 0 saturated carbocycles. The number of aromatic nitrogens is 4. The Kier molecular flexibility index (Phi) is 23.2. The molecule has 26 heteroatoms. The maximum atomic E-state index is 10.3. The van der Waals surface area contributed by atoms with E-state index in [0.29, 0.717) is 17.0 Å². The number of H-pyrrole nitrogens is 1. The number of aromatic amines is 1. The van der Waals surface area contributed by atoms with E-state index in [1.807, 2.05) is 0 Å². The number of nitrogens with zero attached hydrogens (tertiary/aromatic N) is 3. The standard InChI is InChI=1S/C6H8O7.C6H12O6.C5H5N5.C5H11NO2.H3O4P/c7-3(8)1-6(13,5(11)12)2-4(9)10;7-1-3(9)5(11)6(12)4(10)2-8;6-4-3-5(9-1-7-3)10-2-8-4;1-3(2)4(6)5(7)8;1-5(2,3)4/h13H,1-2H2,(H,7,8)(H,9,10)(H,11,12);1,3-6,8-12H,2H2;1-2H,(H3,6,7,8,9,10);3-4H,6H2,1-2H3,(H,7,8);(H3,1,2,3,4). The number of nitrogens with one attached hydrogen (secondary N) is 1. The summed E-state index contributed by atoms with van der Waals surface area (Å²) in [5.74, 6) is -5.50. The number of carbonyl (C=O) groups is 5. The minimum atomic E-state index is -4.64. The van der Waals surface area contributed by atoms with Gasteiger partial charge in [0.15, 0.2) is 23.4 Å². The second-order valence-corrected chi connectivity index (χ2v) is 10.3. The lowest BCUT2D eigenvalue weighted by Crippen LogP contribution is -2.46. The molecular weight excluding hydrogens is 683 g/mol. The van der Waals surface area contributed by atoms with Gasteiger partial charge in [0.2, 0.25) is 0 Å². The number of imidazole rings is 1. The number of aldehydes is 1. The molecule has 0 saturated heterocycles. The fourth-order valence-electron chi connectivity index (χ4n) is 2.40. The van der Waals surface area contributed by atoms with Crippen LogP contribution in [0.15, 0.2) is 12.7 Å². The number of nitrogen functional groups attached to an aromatic ring is 1. The monoisotopic (exact) mass is 722 g/mol. The summed E-state index contributed by atoms with van der Waals surface area (Å²) in [6.45, 7) is 2.79. The third-order valence-electron chi connectivity index (χ3n) is 4.96. The lowest BCUT2D eigenvalue weighted by molar-refractivity contribution is -0.170. The summed E-state index contributed by atoms with van der Waals surface area (Å²) in [6.07, 6.45) is -6.20. The molecule has 25 nitrogen and oxygen atoms in total. The van der Waals surface area contributed by atoms with Crippen LogP contribution in [0.25, 0.3) is 11.2 Å². The lowest BCUT2D eigenvalue weighted by Gasteiger charge is -2.22. The number of carbonyl (C=O) groups excluding carboxylic acids is 1. The minimum absolute atomic E-state index is 0.0208. The molecule has 0 aliphatic rings. The van der Waals surface area contributed by atoms with Gasteiger partial charge in [-0.3, -0.25) is 14.4 Å². The van der Waals surface area contributed by atoms with Crippen LogP contribution in [0.4, 0.5) is 5.82 Å². The number of anilines is 1.